The summed E-state index contributed by atoms with van der Waals surface area (Å²) in [6.45, 7) is 3.39. The zero-order valence-electron chi connectivity index (χ0n) is 19.6. The van der Waals surface area contributed by atoms with Gasteiger partial charge in [-0.15, -0.1) is 0 Å². The molecule has 184 valence electrons. The molecule has 3 heterocycles. The Morgan fingerprint density at radius 1 is 1.06 bits per heavy atom. The van der Waals surface area contributed by atoms with Gasteiger partial charge in [-0.1, -0.05) is 19.1 Å². The predicted octanol–water partition coefficient (Wildman–Crippen LogP) is 4.18. The third kappa shape index (κ3) is 5.43. The van der Waals surface area contributed by atoms with E-state index in [0.29, 0.717) is 34.8 Å². The fourth-order valence-electron chi connectivity index (χ4n) is 3.69. The van der Waals surface area contributed by atoms with E-state index in [1.165, 1.54) is 24.7 Å². The molecule has 8 nitrogen and oxygen atoms in total. The van der Waals surface area contributed by atoms with Crippen LogP contribution >= 0.6 is 0 Å². The van der Waals surface area contributed by atoms with Crippen LogP contribution in [-0.2, 0) is 6.42 Å². The van der Waals surface area contributed by atoms with Crippen LogP contribution in [0.4, 0.5) is 8.78 Å². The van der Waals surface area contributed by atoms with E-state index in [1.807, 2.05) is 6.92 Å². The standard InChI is InChI=1S/C26H23F2N5O3/c1-3-22-23(15(2)14-36-22)26(35)33-21(18-8-7-17(27)10-19(18)28)13-32-25(34)16-11-30-24(31-12-16)20-6-4-5-9-29-20/h4-12,14,21H,3,13H2,1-2H3,(H,32,34)(H,33,35). The highest BCUT2D eigenvalue weighted by atomic mass is 19.1. The van der Waals surface area contributed by atoms with Gasteiger partial charge in [-0.25, -0.2) is 18.7 Å². The Kier molecular flexibility index (Phi) is 7.43. The number of nitrogens with zero attached hydrogens (tertiary/aromatic N) is 3. The van der Waals surface area contributed by atoms with Crippen LogP contribution in [0, 0.1) is 18.6 Å². The molecule has 0 aliphatic rings. The molecule has 3 aromatic heterocycles. The molecule has 0 radical (unpaired) electrons. The summed E-state index contributed by atoms with van der Waals surface area (Å²) in [7, 11) is 0. The molecule has 0 aliphatic heterocycles. The van der Waals surface area contributed by atoms with Crippen LogP contribution in [0.25, 0.3) is 11.5 Å². The van der Waals surface area contributed by atoms with E-state index < -0.39 is 29.5 Å². The van der Waals surface area contributed by atoms with Gasteiger partial charge in [0.15, 0.2) is 5.82 Å². The lowest BCUT2D eigenvalue weighted by molar-refractivity contribution is 0.0905. The van der Waals surface area contributed by atoms with E-state index in [9.17, 15) is 18.4 Å². The maximum absolute atomic E-state index is 14.6. The van der Waals surface area contributed by atoms with Gasteiger partial charge in [-0.2, -0.15) is 0 Å². The molecule has 4 aromatic rings. The highest BCUT2D eigenvalue weighted by Gasteiger charge is 2.24. The van der Waals surface area contributed by atoms with Crippen LogP contribution in [0.3, 0.4) is 0 Å². The van der Waals surface area contributed by atoms with Crippen molar-refractivity contribution in [1.29, 1.82) is 0 Å². The van der Waals surface area contributed by atoms with Crippen molar-refractivity contribution in [3.05, 3.63) is 101 Å². The Morgan fingerprint density at radius 3 is 2.50 bits per heavy atom. The molecule has 0 saturated heterocycles. The first-order chi connectivity index (χ1) is 17.4. The Labute approximate surface area is 205 Å². The molecule has 1 atom stereocenters. The van der Waals surface area contributed by atoms with E-state index >= 15 is 0 Å². The summed E-state index contributed by atoms with van der Waals surface area (Å²) in [6.07, 6.45) is 6.26. The molecule has 36 heavy (non-hydrogen) atoms. The van der Waals surface area contributed by atoms with Crippen LogP contribution in [0.1, 0.15) is 50.6 Å². The number of aryl methyl sites for hydroxylation is 2. The number of nitrogens with one attached hydrogen (secondary N) is 2. The number of hydrogen-bond donors (Lipinski definition) is 2. The molecule has 10 heteroatoms. The molecular weight excluding hydrogens is 468 g/mol. The number of furan rings is 1. The third-order valence-corrected chi connectivity index (χ3v) is 5.52. The predicted molar refractivity (Wildman–Crippen MR) is 127 cm³/mol. The van der Waals surface area contributed by atoms with Crippen molar-refractivity contribution in [2.75, 3.05) is 6.54 Å². The zero-order chi connectivity index (χ0) is 25.7. The van der Waals surface area contributed by atoms with Gasteiger partial charge in [0.25, 0.3) is 11.8 Å². The highest BCUT2D eigenvalue weighted by molar-refractivity contribution is 5.97. The molecule has 4 rings (SSSR count). The summed E-state index contributed by atoms with van der Waals surface area (Å²) in [4.78, 5) is 38.3. The molecular formula is C26H23F2N5O3. The zero-order valence-corrected chi connectivity index (χ0v) is 19.6. The van der Waals surface area contributed by atoms with Gasteiger partial charge in [0, 0.05) is 48.7 Å². The topological polar surface area (TPSA) is 110 Å². The summed E-state index contributed by atoms with van der Waals surface area (Å²) in [6, 6.07) is 7.35. The summed E-state index contributed by atoms with van der Waals surface area (Å²) < 4.78 is 33.6. The Hall–Kier alpha value is -4.47. The van der Waals surface area contributed by atoms with Crippen molar-refractivity contribution < 1.29 is 22.8 Å². The maximum atomic E-state index is 14.6. The molecule has 1 aromatic carbocycles. The molecule has 1 unspecified atom stereocenters. The molecule has 0 bridgehead atoms. The monoisotopic (exact) mass is 491 g/mol. The van der Waals surface area contributed by atoms with Crippen LogP contribution in [0.2, 0.25) is 0 Å². The number of hydrogen-bond acceptors (Lipinski definition) is 6. The SMILES string of the molecule is CCc1occ(C)c1C(=O)NC(CNC(=O)c1cnc(-c2ccccn2)nc1)c1ccc(F)cc1F. The van der Waals surface area contributed by atoms with E-state index in [-0.39, 0.29) is 17.7 Å². The van der Waals surface area contributed by atoms with Crippen LogP contribution in [0.15, 0.2) is 65.7 Å². The Balaban J connectivity index is 1.52. The van der Waals surface area contributed by atoms with Crippen molar-refractivity contribution in [1.82, 2.24) is 25.6 Å². The Morgan fingerprint density at radius 2 is 1.83 bits per heavy atom. The molecule has 2 N–H and O–H groups in total. The first-order valence-corrected chi connectivity index (χ1v) is 11.2. The second-order valence-electron chi connectivity index (χ2n) is 7.98. The quantitative estimate of drug-likeness (QED) is 0.383. The van der Waals surface area contributed by atoms with Crippen molar-refractivity contribution in [3.63, 3.8) is 0 Å². The van der Waals surface area contributed by atoms with Gasteiger partial charge in [-0.05, 0) is 25.1 Å². The second kappa shape index (κ2) is 10.9. The Bertz CT molecular complexity index is 1370. The number of aromatic nitrogens is 3. The van der Waals surface area contributed by atoms with Crippen LogP contribution < -0.4 is 10.6 Å². The summed E-state index contributed by atoms with van der Waals surface area (Å²) in [5, 5.41) is 5.39. The lowest BCUT2D eigenvalue weighted by atomic mass is 10.0. The number of pyridine rings is 1. The summed E-state index contributed by atoms with van der Waals surface area (Å²) in [5.41, 5.74) is 1.70. The number of benzene rings is 1. The molecule has 2 amide bonds. The van der Waals surface area contributed by atoms with E-state index in [1.54, 1.807) is 31.3 Å². The molecule has 0 spiro atoms. The lowest BCUT2D eigenvalue weighted by Gasteiger charge is -2.21. The van der Waals surface area contributed by atoms with Gasteiger partial charge in [0.05, 0.1) is 23.4 Å². The summed E-state index contributed by atoms with van der Waals surface area (Å²) >= 11 is 0. The van der Waals surface area contributed by atoms with Crippen molar-refractivity contribution in [3.8, 4) is 11.5 Å². The molecule has 0 saturated carbocycles. The van der Waals surface area contributed by atoms with Gasteiger partial charge >= 0.3 is 0 Å². The lowest BCUT2D eigenvalue weighted by Crippen LogP contribution is -2.38. The average Bonchev–Trinajstić information content (AvgIpc) is 3.27. The minimum atomic E-state index is -0.991. The normalized spacial score (nSPS) is 11.7. The maximum Gasteiger partial charge on any atom is 0.255 e. The van der Waals surface area contributed by atoms with Gasteiger partial charge < -0.3 is 15.1 Å². The third-order valence-electron chi connectivity index (χ3n) is 5.52. The molecule has 0 fully saturated rings. The largest absolute Gasteiger partial charge is 0.468 e. The second-order valence-corrected chi connectivity index (χ2v) is 7.98. The first kappa shape index (κ1) is 24.6. The highest BCUT2D eigenvalue weighted by Crippen LogP contribution is 2.22. The minimum absolute atomic E-state index is 0.0194. The van der Waals surface area contributed by atoms with Gasteiger partial charge in [-0.3, -0.25) is 14.6 Å². The average molecular weight is 491 g/mol. The van der Waals surface area contributed by atoms with Crippen molar-refractivity contribution in [2.45, 2.75) is 26.3 Å². The van der Waals surface area contributed by atoms with Crippen LogP contribution in [0.5, 0.6) is 0 Å². The summed E-state index contributed by atoms with van der Waals surface area (Å²) in [5.74, 6) is -1.79. The number of carbonyl (C=O) groups is 2. The fraction of sp³-hybridized carbons (Fsp3) is 0.192. The molecule has 0 aliphatic carbocycles. The van der Waals surface area contributed by atoms with E-state index in [4.69, 9.17) is 4.42 Å². The number of rotatable bonds is 8. The number of carbonyl (C=O) groups excluding carboxylic acids is 2. The van der Waals surface area contributed by atoms with Crippen molar-refractivity contribution in [2.24, 2.45) is 0 Å². The van der Waals surface area contributed by atoms with E-state index in [2.05, 4.69) is 25.6 Å². The van der Waals surface area contributed by atoms with Crippen LogP contribution in [-0.4, -0.2) is 33.3 Å². The van der Waals surface area contributed by atoms with Crippen molar-refractivity contribution >= 4 is 11.8 Å². The van der Waals surface area contributed by atoms with Gasteiger partial charge in [0.2, 0.25) is 0 Å². The smallest absolute Gasteiger partial charge is 0.255 e. The van der Waals surface area contributed by atoms with E-state index in [0.717, 1.165) is 12.1 Å². The number of amides is 2. The number of halogens is 2. The van der Waals surface area contributed by atoms with Gasteiger partial charge in [0.1, 0.15) is 23.1 Å². The fourth-order valence-corrected chi connectivity index (χ4v) is 3.69. The first-order valence-electron chi connectivity index (χ1n) is 11.2. The minimum Gasteiger partial charge on any atom is -0.468 e.